The van der Waals surface area contributed by atoms with E-state index >= 15 is 0 Å². The molecule has 31 heavy (non-hydrogen) atoms. The molecule has 0 saturated carbocycles. The van der Waals surface area contributed by atoms with E-state index < -0.39 is 6.10 Å². The summed E-state index contributed by atoms with van der Waals surface area (Å²) in [6.07, 6.45) is 2.10. The maximum absolute atomic E-state index is 10.3. The largest absolute Gasteiger partial charge is 0.387 e. The second kappa shape index (κ2) is 10.9. The van der Waals surface area contributed by atoms with Crippen LogP contribution >= 0.6 is 0 Å². The van der Waals surface area contributed by atoms with Gasteiger partial charge < -0.3 is 20.5 Å². The molecule has 0 spiro atoms. The lowest BCUT2D eigenvalue weighted by molar-refractivity contribution is 0.0384. The number of ether oxygens (including phenoxy) is 1. The standard InChI is InChI=1S/C24H29N5O2/c30-22(20-6-2-1-3-7-20)18-26-23-9-11-25-24(28-23)27-21-8-4-5-19(17-21)10-12-29-13-15-31-16-14-29/h1-9,11,17,22,30H,10,12-16,18H2,(H2,25,26,27,28). The first kappa shape index (κ1) is 21.2. The minimum absolute atomic E-state index is 0.373. The summed E-state index contributed by atoms with van der Waals surface area (Å²) in [4.78, 5) is 11.3. The molecule has 1 saturated heterocycles. The van der Waals surface area contributed by atoms with Gasteiger partial charge in [0.05, 0.1) is 19.3 Å². The molecule has 1 unspecified atom stereocenters. The number of morpholine rings is 1. The van der Waals surface area contributed by atoms with E-state index in [0.29, 0.717) is 18.3 Å². The van der Waals surface area contributed by atoms with Crippen LogP contribution in [0.1, 0.15) is 17.2 Å². The molecule has 2 heterocycles. The van der Waals surface area contributed by atoms with Gasteiger partial charge in [0.1, 0.15) is 5.82 Å². The van der Waals surface area contributed by atoms with Crippen LogP contribution < -0.4 is 10.6 Å². The Morgan fingerprint density at radius 1 is 1.03 bits per heavy atom. The van der Waals surface area contributed by atoms with Gasteiger partial charge in [-0.2, -0.15) is 4.98 Å². The topological polar surface area (TPSA) is 82.5 Å². The smallest absolute Gasteiger partial charge is 0.229 e. The van der Waals surface area contributed by atoms with E-state index in [1.54, 1.807) is 12.3 Å². The van der Waals surface area contributed by atoms with Gasteiger partial charge in [0, 0.05) is 38.1 Å². The molecule has 4 rings (SSSR count). The summed E-state index contributed by atoms with van der Waals surface area (Å²) >= 11 is 0. The highest BCUT2D eigenvalue weighted by atomic mass is 16.5. The van der Waals surface area contributed by atoms with Gasteiger partial charge in [0.2, 0.25) is 5.95 Å². The quantitative estimate of drug-likeness (QED) is 0.491. The molecule has 1 aliphatic rings. The van der Waals surface area contributed by atoms with Crippen LogP contribution in [0.2, 0.25) is 0 Å². The van der Waals surface area contributed by atoms with E-state index in [1.807, 2.05) is 36.4 Å². The molecule has 2 aromatic carbocycles. The van der Waals surface area contributed by atoms with Crippen LogP contribution in [0.15, 0.2) is 66.9 Å². The first-order valence-corrected chi connectivity index (χ1v) is 10.7. The summed E-state index contributed by atoms with van der Waals surface area (Å²) in [7, 11) is 0. The van der Waals surface area contributed by atoms with Crippen molar-refractivity contribution in [3.8, 4) is 0 Å². The summed E-state index contributed by atoms with van der Waals surface area (Å²) in [6.45, 7) is 5.07. The van der Waals surface area contributed by atoms with Gasteiger partial charge in [-0.25, -0.2) is 4.98 Å². The molecule has 0 aliphatic carbocycles. The molecule has 1 fully saturated rings. The molecule has 3 N–H and O–H groups in total. The monoisotopic (exact) mass is 419 g/mol. The number of nitrogens with zero attached hydrogens (tertiary/aromatic N) is 3. The van der Waals surface area contributed by atoms with Crippen LogP contribution in [0.25, 0.3) is 0 Å². The summed E-state index contributed by atoms with van der Waals surface area (Å²) in [5.41, 5.74) is 3.11. The number of aromatic nitrogens is 2. The van der Waals surface area contributed by atoms with Gasteiger partial charge in [-0.05, 0) is 35.7 Å². The van der Waals surface area contributed by atoms with Crippen molar-refractivity contribution < 1.29 is 9.84 Å². The minimum Gasteiger partial charge on any atom is -0.387 e. The second-order valence-corrected chi connectivity index (χ2v) is 7.60. The Labute approximate surface area is 183 Å². The highest BCUT2D eigenvalue weighted by molar-refractivity contribution is 5.55. The number of hydrogen-bond donors (Lipinski definition) is 3. The van der Waals surface area contributed by atoms with E-state index in [1.165, 1.54) is 5.56 Å². The van der Waals surface area contributed by atoms with Crippen molar-refractivity contribution in [3.05, 3.63) is 78.0 Å². The van der Waals surface area contributed by atoms with Gasteiger partial charge >= 0.3 is 0 Å². The Morgan fingerprint density at radius 2 is 1.87 bits per heavy atom. The molecule has 162 valence electrons. The van der Waals surface area contributed by atoms with Crippen LogP contribution in [-0.2, 0) is 11.2 Å². The summed E-state index contributed by atoms with van der Waals surface area (Å²) < 4.78 is 5.42. The predicted molar refractivity (Wildman–Crippen MR) is 123 cm³/mol. The van der Waals surface area contributed by atoms with Crippen molar-refractivity contribution in [2.45, 2.75) is 12.5 Å². The SMILES string of the molecule is OC(CNc1ccnc(Nc2cccc(CCN3CCOCC3)c2)n1)c1ccccc1. The molecule has 7 heteroatoms. The van der Waals surface area contributed by atoms with Crippen molar-refractivity contribution >= 4 is 17.5 Å². The van der Waals surface area contributed by atoms with E-state index in [0.717, 1.165) is 50.5 Å². The zero-order chi connectivity index (χ0) is 21.3. The van der Waals surface area contributed by atoms with E-state index in [2.05, 4.69) is 43.7 Å². The maximum Gasteiger partial charge on any atom is 0.229 e. The minimum atomic E-state index is -0.601. The zero-order valence-electron chi connectivity index (χ0n) is 17.6. The number of rotatable bonds is 9. The van der Waals surface area contributed by atoms with Crippen LogP contribution in [0.4, 0.5) is 17.5 Å². The zero-order valence-corrected chi connectivity index (χ0v) is 17.6. The fourth-order valence-corrected chi connectivity index (χ4v) is 3.56. The Bertz CT molecular complexity index is 947. The van der Waals surface area contributed by atoms with Crippen LogP contribution in [-0.4, -0.2) is 59.4 Å². The lowest BCUT2D eigenvalue weighted by Gasteiger charge is -2.26. The van der Waals surface area contributed by atoms with Crippen LogP contribution in [0, 0.1) is 0 Å². The van der Waals surface area contributed by atoms with Crippen LogP contribution in [0.5, 0.6) is 0 Å². The first-order chi connectivity index (χ1) is 15.3. The van der Waals surface area contributed by atoms with Crippen molar-refractivity contribution in [2.24, 2.45) is 0 Å². The molecule has 7 nitrogen and oxygen atoms in total. The number of aliphatic hydroxyl groups is 1. The van der Waals surface area contributed by atoms with Gasteiger partial charge in [0.15, 0.2) is 0 Å². The third kappa shape index (κ3) is 6.49. The lowest BCUT2D eigenvalue weighted by atomic mass is 10.1. The Kier molecular flexibility index (Phi) is 7.44. The number of anilines is 3. The maximum atomic E-state index is 10.3. The molecule has 1 aromatic heterocycles. The first-order valence-electron chi connectivity index (χ1n) is 10.7. The molecular formula is C24H29N5O2. The highest BCUT2D eigenvalue weighted by Crippen LogP contribution is 2.18. The second-order valence-electron chi connectivity index (χ2n) is 7.60. The number of hydrogen-bond acceptors (Lipinski definition) is 7. The van der Waals surface area contributed by atoms with Crippen molar-refractivity contribution in [2.75, 3.05) is 50.0 Å². The van der Waals surface area contributed by atoms with Crippen LogP contribution in [0.3, 0.4) is 0 Å². The number of benzene rings is 2. The average molecular weight is 420 g/mol. The Morgan fingerprint density at radius 3 is 2.71 bits per heavy atom. The molecular weight excluding hydrogens is 390 g/mol. The summed E-state index contributed by atoms with van der Waals surface area (Å²) in [6, 6.07) is 19.7. The normalized spacial score (nSPS) is 15.4. The van der Waals surface area contributed by atoms with Crippen molar-refractivity contribution in [1.29, 1.82) is 0 Å². The van der Waals surface area contributed by atoms with Gasteiger partial charge in [-0.15, -0.1) is 0 Å². The highest BCUT2D eigenvalue weighted by Gasteiger charge is 2.10. The average Bonchev–Trinajstić information content (AvgIpc) is 2.83. The predicted octanol–water partition coefficient (Wildman–Crippen LogP) is 3.24. The molecule has 0 amide bonds. The summed E-state index contributed by atoms with van der Waals surface area (Å²) in [5.74, 6) is 1.18. The molecule has 0 radical (unpaired) electrons. The lowest BCUT2D eigenvalue weighted by Crippen LogP contribution is -2.37. The molecule has 1 aliphatic heterocycles. The fraction of sp³-hybridized carbons (Fsp3) is 0.333. The van der Waals surface area contributed by atoms with E-state index in [9.17, 15) is 5.11 Å². The van der Waals surface area contributed by atoms with Crippen molar-refractivity contribution in [1.82, 2.24) is 14.9 Å². The molecule has 0 bridgehead atoms. The third-order valence-electron chi connectivity index (χ3n) is 5.32. The van der Waals surface area contributed by atoms with E-state index in [4.69, 9.17) is 4.74 Å². The third-order valence-corrected chi connectivity index (χ3v) is 5.32. The Hall–Kier alpha value is -3.00. The Balaban J connectivity index is 1.32. The van der Waals surface area contributed by atoms with Crippen molar-refractivity contribution in [3.63, 3.8) is 0 Å². The fourth-order valence-electron chi connectivity index (χ4n) is 3.56. The molecule has 1 atom stereocenters. The number of nitrogens with one attached hydrogen (secondary N) is 2. The summed E-state index contributed by atoms with van der Waals surface area (Å²) in [5, 5.41) is 16.8. The van der Waals surface area contributed by atoms with Gasteiger partial charge in [-0.1, -0.05) is 42.5 Å². The van der Waals surface area contributed by atoms with Gasteiger partial charge in [0.25, 0.3) is 0 Å². The van der Waals surface area contributed by atoms with E-state index in [-0.39, 0.29) is 0 Å². The molecule has 3 aromatic rings. The van der Waals surface area contributed by atoms with Gasteiger partial charge in [-0.3, -0.25) is 4.90 Å². The number of aliphatic hydroxyl groups excluding tert-OH is 1.